The van der Waals surface area contributed by atoms with Crippen molar-refractivity contribution in [3.05, 3.63) is 65.2 Å². The summed E-state index contributed by atoms with van der Waals surface area (Å²) in [6.07, 6.45) is 1.66. The lowest BCUT2D eigenvalue weighted by molar-refractivity contribution is -0.120. The van der Waals surface area contributed by atoms with Gasteiger partial charge in [-0.3, -0.25) is 4.79 Å². The van der Waals surface area contributed by atoms with Crippen molar-refractivity contribution >= 4 is 11.6 Å². The van der Waals surface area contributed by atoms with Crippen LogP contribution in [0.1, 0.15) is 43.0 Å². The molecule has 2 saturated heterocycles. The summed E-state index contributed by atoms with van der Waals surface area (Å²) in [4.78, 5) is 17.4. The van der Waals surface area contributed by atoms with E-state index in [1.165, 1.54) is 11.1 Å². The summed E-state index contributed by atoms with van der Waals surface area (Å²) in [7, 11) is 2.16. The number of hydrogen-bond acceptors (Lipinski definition) is 4. The normalized spacial score (nSPS) is 23.2. The molecule has 0 aromatic heterocycles. The van der Waals surface area contributed by atoms with Gasteiger partial charge in [-0.25, -0.2) is 0 Å². The van der Waals surface area contributed by atoms with E-state index in [1.54, 1.807) is 13.8 Å². The maximum Gasteiger partial charge on any atom is 0.230 e. The van der Waals surface area contributed by atoms with Gasteiger partial charge < -0.3 is 20.2 Å². The first-order chi connectivity index (χ1) is 14.3. The Morgan fingerprint density at radius 3 is 2.53 bits per heavy atom. The van der Waals surface area contributed by atoms with Crippen molar-refractivity contribution in [2.24, 2.45) is 5.92 Å². The molecule has 2 atom stereocenters. The van der Waals surface area contributed by atoms with E-state index < -0.39 is 5.60 Å². The zero-order valence-corrected chi connectivity index (χ0v) is 18.3. The standard InChI is InChI=1S/C25H33N3O2/c1-25(2,30)20-8-10-21(11-9-20)28-14-12-19(24(28)29)16-18-6-4-5-7-22(18)23-17-27(3)15-13-26-23/h4-11,19,23,26,30H,12-17H2,1-3H3. The lowest BCUT2D eigenvalue weighted by Gasteiger charge is -2.32. The Morgan fingerprint density at radius 1 is 1.10 bits per heavy atom. The predicted molar refractivity (Wildman–Crippen MR) is 121 cm³/mol. The molecular weight excluding hydrogens is 374 g/mol. The Bertz CT molecular complexity index is 888. The second-order valence-corrected chi connectivity index (χ2v) is 9.25. The zero-order valence-electron chi connectivity index (χ0n) is 18.3. The number of likely N-dealkylation sites (N-methyl/N-ethyl adjacent to an activating group) is 1. The number of carbonyl (C=O) groups excluding carboxylic acids is 1. The Labute approximate surface area is 179 Å². The highest BCUT2D eigenvalue weighted by atomic mass is 16.3. The molecule has 30 heavy (non-hydrogen) atoms. The Morgan fingerprint density at radius 2 is 1.83 bits per heavy atom. The quantitative estimate of drug-likeness (QED) is 0.800. The minimum absolute atomic E-state index is 0.0152. The van der Waals surface area contributed by atoms with Crippen molar-refractivity contribution in [3.8, 4) is 0 Å². The molecule has 2 aromatic rings. The molecule has 0 radical (unpaired) electrons. The molecule has 2 aliphatic rings. The first kappa shape index (κ1) is 21.0. The third-order valence-electron chi connectivity index (χ3n) is 6.48. The average molecular weight is 408 g/mol. The summed E-state index contributed by atoms with van der Waals surface area (Å²) >= 11 is 0. The van der Waals surface area contributed by atoms with Crippen LogP contribution >= 0.6 is 0 Å². The summed E-state index contributed by atoms with van der Waals surface area (Å²) in [6, 6.07) is 16.6. The topological polar surface area (TPSA) is 55.8 Å². The van der Waals surface area contributed by atoms with E-state index in [4.69, 9.17) is 0 Å². The van der Waals surface area contributed by atoms with E-state index in [0.717, 1.165) is 50.3 Å². The number of benzene rings is 2. The van der Waals surface area contributed by atoms with Crippen LogP contribution < -0.4 is 10.2 Å². The fourth-order valence-electron chi connectivity index (χ4n) is 4.66. The van der Waals surface area contributed by atoms with E-state index in [1.807, 2.05) is 29.2 Å². The van der Waals surface area contributed by atoms with Crippen LogP contribution in [0.2, 0.25) is 0 Å². The molecule has 160 valence electrons. The highest BCUT2D eigenvalue weighted by Gasteiger charge is 2.33. The van der Waals surface area contributed by atoms with Crippen molar-refractivity contribution in [1.29, 1.82) is 0 Å². The van der Waals surface area contributed by atoms with Gasteiger partial charge in [0.25, 0.3) is 0 Å². The number of carbonyl (C=O) groups is 1. The highest BCUT2D eigenvalue weighted by Crippen LogP contribution is 2.31. The lowest BCUT2D eigenvalue weighted by atomic mass is 9.91. The van der Waals surface area contributed by atoms with Crippen LogP contribution in [0.5, 0.6) is 0 Å². The summed E-state index contributed by atoms with van der Waals surface area (Å²) in [6.45, 7) is 7.35. The molecule has 5 heteroatoms. The third kappa shape index (κ3) is 4.43. The summed E-state index contributed by atoms with van der Waals surface area (Å²) in [5, 5.41) is 13.8. The molecule has 4 rings (SSSR count). The number of nitrogens with one attached hydrogen (secondary N) is 1. The maximum absolute atomic E-state index is 13.2. The highest BCUT2D eigenvalue weighted by molar-refractivity contribution is 5.97. The van der Waals surface area contributed by atoms with E-state index in [2.05, 4.69) is 41.5 Å². The van der Waals surface area contributed by atoms with Gasteiger partial charge in [0.1, 0.15) is 0 Å². The van der Waals surface area contributed by atoms with Crippen LogP contribution in [0.3, 0.4) is 0 Å². The Kier molecular flexibility index (Phi) is 5.96. The second-order valence-electron chi connectivity index (χ2n) is 9.25. The molecule has 0 saturated carbocycles. The van der Waals surface area contributed by atoms with Gasteiger partial charge in [0.15, 0.2) is 0 Å². The van der Waals surface area contributed by atoms with Gasteiger partial charge in [0.2, 0.25) is 5.91 Å². The molecule has 5 nitrogen and oxygen atoms in total. The summed E-state index contributed by atoms with van der Waals surface area (Å²) in [5.41, 5.74) is 3.50. The number of rotatable bonds is 5. The van der Waals surface area contributed by atoms with Crippen LogP contribution in [0.4, 0.5) is 5.69 Å². The molecule has 1 amide bonds. The minimum atomic E-state index is -0.874. The fourth-order valence-corrected chi connectivity index (χ4v) is 4.66. The van der Waals surface area contributed by atoms with Crippen LogP contribution in [-0.2, 0) is 16.8 Å². The molecule has 0 bridgehead atoms. The molecule has 2 unspecified atom stereocenters. The van der Waals surface area contributed by atoms with Crippen LogP contribution in [0.15, 0.2) is 48.5 Å². The minimum Gasteiger partial charge on any atom is -0.386 e. The van der Waals surface area contributed by atoms with E-state index in [-0.39, 0.29) is 11.8 Å². The largest absolute Gasteiger partial charge is 0.386 e. The monoisotopic (exact) mass is 407 g/mol. The molecule has 0 spiro atoms. The molecule has 2 aliphatic heterocycles. The first-order valence-corrected chi connectivity index (χ1v) is 11.0. The molecule has 2 fully saturated rings. The van der Waals surface area contributed by atoms with Crippen molar-refractivity contribution < 1.29 is 9.90 Å². The van der Waals surface area contributed by atoms with Crippen molar-refractivity contribution in [1.82, 2.24) is 10.2 Å². The van der Waals surface area contributed by atoms with E-state index >= 15 is 0 Å². The number of amides is 1. The summed E-state index contributed by atoms with van der Waals surface area (Å²) in [5.74, 6) is 0.218. The second kappa shape index (κ2) is 8.50. The lowest BCUT2D eigenvalue weighted by Crippen LogP contribution is -2.44. The number of hydrogen-bond donors (Lipinski definition) is 2. The van der Waals surface area contributed by atoms with E-state index in [0.29, 0.717) is 6.04 Å². The van der Waals surface area contributed by atoms with Crippen molar-refractivity contribution in [2.75, 3.05) is 38.1 Å². The average Bonchev–Trinajstić information content (AvgIpc) is 3.08. The van der Waals surface area contributed by atoms with Crippen molar-refractivity contribution in [3.63, 3.8) is 0 Å². The van der Waals surface area contributed by atoms with Crippen LogP contribution in [0.25, 0.3) is 0 Å². The fraction of sp³-hybridized carbons (Fsp3) is 0.480. The molecule has 2 aromatic carbocycles. The predicted octanol–water partition coefficient (Wildman–Crippen LogP) is 3.09. The number of aliphatic hydroxyl groups is 1. The van der Waals surface area contributed by atoms with Gasteiger partial charge in [-0.05, 0) is 62.6 Å². The van der Waals surface area contributed by atoms with Gasteiger partial charge in [-0.1, -0.05) is 36.4 Å². The SMILES string of the molecule is CN1CCNC(c2ccccc2CC2CCN(c3ccc(C(C)(C)O)cc3)C2=O)C1. The van der Waals surface area contributed by atoms with E-state index in [9.17, 15) is 9.90 Å². The molecule has 2 N–H and O–H groups in total. The zero-order chi connectivity index (χ0) is 21.3. The van der Waals surface area contributed by atoms with Crippen molar-refractivity contribution in [2.45, 2.75) is 38.3 Å². The van der Waals surface area contributed by atoms with Gasteiger partial charge >= 0.3 is 0 Å². The number of nitrogens with zero attached hydrogens (tertiary/aromatic N) is 2. The maximum atomic E-state index is 13.2. The van der Waals surface area contributed by atoms with Gasteiger partial charge in [0.05, 0.1) is 5.60 Å². The summed E-state index contributed by atoms with van der Waals surface area (Å²) < 4.78 is 0. The Hall–Kier alpha value is -2.21. The van der Waals surface area contributed by atoms with Crippen LogP contribution in [-0.4, -0.2) is 49.1 Å². The van der Waals surface area contributed by atoms with Gasteiger partial charge in [0, 0.05) is 43.8 Å². The molecular formula is C25H33N3O2. The first-order valence-electron chi connectivity index (χ1n) is 11.0. The van der Waals surface area contributed by atoms with Gasteiger partial charge in [-0.15, -0.1) is 0 Å². The third-order valence-corrected chi connectivity index (χ3v) is 6.48. The smallest absolute Gasteiger partial charge is 0.230 e. The number of anilines is 1. The van der Waals surface area contributed by atoms with Gasteiger partial charge in [-0.2, -0.15) is 0 Å². The molecule has 2 heterocycles. The Balaban J connectivity index is 1.48. The van der Waals surface area contributed by atoms with Crippen LogP contribution in [0, 0.1) is 5.92 Å². The number of piperazine rings is 1. The molecule has 0 aliphatic carbocycles.